The molecule has 0 atom stereocenters. The van der Waals surface area contributed by atoms with Crippen molar-refractivity contribution in [3.8, 4) is 11.5 Å². The number of oxazole rings is 1. The van der Waals surface area contributed by atoms with Gasteiger partial charge in [-0.05, 0) is 17.7 Å². The van der Waals surface area contributed by atoms with E-state index in [0.29, 0.717) is 5.89 Å². The summed E-state index contributed by atoms with van der Waals surface area (Å²) in [5.41, 5.74) is 3.14. The van der Waals surface area contributed by atoms with E-state index in [2.05, 4.69) is 29.3 Å². The molecule has 2 aromatic carbocycles. The van der Waals surface area contributed by atoms with Crippen molar-refractivity contribution >= 4 is 6.08 Å². The molecule has 2 heteroatoms. The highest BCUT2D eigenvalue weighted by molar-refractivity contribution is 5.53. The SMILES string of the molecule is C(=C\c1ccccc1)/Cc1coc(-c2ccccc2)n1. The fourth-order valence-corrected chi connectivity index (χ4v) is 1.99. The van der Waals surface area contributed by atoms with Gasteiger partial charge in [0.15, 0.2) is 0 Å². The summed E-state index contributed by atoms with van der Waals surface area (Å²) in [6.07, 6.45) is 6.68. The van der Waals surface area contributed by atoms with Crippen LogP contribution in [0.5, 0.6) is 0 Å². The molecule has 1 aromatic heterocycles. The Labute approximate surface area is 118 Å². The lowest BCUT2D eigenvalue weighted by Gasteiger charge is -1.92. The van der Waals surface area contributed by atoms with Crippen LogP contribution in [0.1, 0.15) is 11.3 Å². The van der Waals surface area contributed by atoms with Gasteiger partial charge in [-0.15, -0.1) is 0 Å². The van der Waals surface area contributed by atoms with Gasteiger partial charge >= 0.3 is 0 Å². The fourth-order valence-electron chi connectivity index (χ4n) is 1.99. The Kier molecular flexibility index (Phi) is 3.74. The molecule has 1 heterocycles. The minimum atomic E-state index is 0.675. The topological polar surface area (TPSA) is 26.0 Å². The monoisotopic (exact) mass is 261 g/mol. The number of nitrogens with zero attached hydrogens (tertiary/aromatic N) is 1. The maximum atomic E-state index is 5.51. The average molecular weight is 261 g/mol. The Balaban J connectivity index is 1.68. The molecule has 0 aliphatic rings. The minimum Gasteiger partial charge on any atom is -0.444 e. The molecule has 0 unspecified atom stereocenters. The van der Waals surface area contributed by atoms with Crippen LogP contribution in [0.25, 0.3) is 17.5 Å². The molecule has 2 nitrogen and oxygen atoms in total. The van der Waals surface area contributed by atoms with Crippen molar-refractivity contribution in [3.05, 3.63) is 84.3 Å². The first-order valence-corrected chi connectivity index (χ1v) is 6.63. The Morgan fingerprint density at radius 3 is 2.35 bits per heavy atom. The van der Waals surface area contributed by atoms with E-state index in [1.807, 2.05) is 48.5 Å². The first-order chi connectivity index (χ1) is 9.92. The third kappa shape index (κ3) is 3.04. The van der Waals surface area contributed by atoms with Crippen LogP contribution in [0, 0.1) is 0 Å². The first-order valence-electron chi connectivity index (χ1n) is 6.63. The highest BCUT2D eigenvalue weighted by Gasteiger charge is 2.04. The minimum absolute atomic E-state index is 0.675. The molecule has 0 amide bonds. The van der Waals surface area contributed by atoms with Gasteiger partial charge in [0.2, 0.25) is 5.89 Å². The standard InChI is InChI=1S/C18H15NO/c1-3-8-15(9-4-1)10-7-13-17-14-20-18(19-17)16-11-5-2-6-12-16/h1-12,14H,13H2/b10-7+. The number of hydrogen-bond donors (Lipinski definition) is 0. The lowest BCUT2D eigenvalue weighted by atomic mass is 10.2. The van der Waals surface area contributed by atoms with Crippen LogP contribution in [-0.4, -0.2) is 4.98 Å². The van der Waals surface area contributed by atoms with E-state index >= 15 is 0 Å². The highest BCUT2D eigenvalue weighted by Crippen LogP contribution is 2.18. The zero-order valence-electron chi connectivity index (χ0n) is 11.1. The molecule has 0 spiro atoms. The summed E-state index contributed by atoms with van der Waals surface area (Å²) >= 11 is 0. The molecular formula is C18H15NO. The van der Waals surface area contributed by atoms with Crippen molar-refractivity contribution in [2.24, 2.45) is 0 Å². The zero-order chi connectivity index (χ0) is 13.6. The summed E-state index contributed by atoms with van der Waals surface area (Å²) in [5, 5.41) is 0. The Bertz CT molecular complexity index is 684. The second-order valence-corrected chi connectivity index (χ2v) is 4.53. The molecular weight excluding hydrogens is 246 g/mol. The van der Waals surface area contributed by atoms with Crippen LogP contribution < -0.4 is 0 Å². The maximum absolute atomic E-state index is 5.51. The van der Waals surface area contributed by atoms with Gasteiger partial charge in [-0.2, -0.15) is 0 Å². The maximum Gasteiger partial charge on any atom is 0.226 e. The molecule has 3 aromatic rings. The first kappa shape index (κ1) is 12.4. The summed E-state index contributed by atoms with van der Waals surface area (Å²) in [4.78, 5) is 4.49. The van der Waals surface area contributed by atoms with Gasteiger partial charge in [0.1, 0.15) is 6.26 Å². The van der Waals surface area contributed by atoms with Gasteiger partial charge in [-0.3, -0.25) is 0 Å². The summed E-state index contributed by atoms with van der Waals surface area (Å²) in [6.45, 7) is 0. The fraction of sp³-hybridized carbons (Fsp3) is 0.0556. The van der Waals surface area contributed by atoms with Crippen molar-refractivity contribution in [2.75, 3.05) is 0 Å². The van der Waals surface area contributed by atoms with Gasteiger partial charge in [0, 0.05) is 12.0 Å². The number of rotatable bonds is 4. The second kappa shape index (κ2) is 6.02. The molecule has 0 aliphatic carbocycles. The predicted octanol–water partition coefficient (Wildman–Crippen LogP) is 4.60. The molecule has 0 bridgehead atoms. The van der Waals surface area contributed by atoms with Crippen molar-refractivity contribution in [2.45, 2.75) is 6.42 Å². The summed E-state index contributed by atoms with van der Waals surface area (Å²) in [5.74, 6) is 0.675. The lowest BCUT2D eigenvalue weighted by molar-refractivity contribution is 0.573. The number of hydrogen-bond acceptors (Lipinski definition) is 2. The third-order valence-corrected chi connectivity index (χ3v) is 3.01. The molecule has 0 saturated heterocycles. The van der Waals surface area contributed by atoms with E-state index in [1.165, 1.54) is 5.56 Å². The Morgan fingerprint density at radius 2 is 1.60 bits per heavy atom. The quantitative estimate of drug-likeness (QED) is 0.686. The van der Waals surface area contributed by atoms with Crippen LogP contribution in [0.2, 0.25) is 0 Å². The molecule has 0 N–H and O–H groups in total. The van der Waals surface area contributed by atoms with Crippen LogP contribution >= 0.6 is 0 Å². The summed E-state index contributed by atoms with van der Waals surface area (Å²) < 4.78 is 5.51. The molecule has 0 aliphatic heterocycles. The van der Waals surface area contributed by atoms with E-state index in [4.69, 9.17) is 4.42 Å². The zero-order valence-corrected chi connectivity index (χ0v) is 11.1. The summed E-state index contributed by atoms with van der Waals surface area (Å²) in [6, 6.07) is 20.2. The van der Waals surface area contributed by atoms with Crippen LogP contribution in [0.15, 0.2) is 77.4 Å². The van der Waals surface area contributed by atoms with E-state index < -0.39 is 0 Å². The van der Waals surface area contributed by atoms with Crippen LogP contribution in [-0.2, 0) is 6.42 Å². The average Bonchev–Trinajstić information content (AvgIpc) is 2.98. The van der Waals surface area contributed by atoms with Gasteiger partial charge in [0.05, 0.1) is 5.69 Å². The van der Waals surface area contributed by atoms with E-state index in [1.54, 1.807) is 6.26 Å². The van der Waals surface area contributed by atoms with Crippen molar-refractivity contribution in [3.63, 3.8) is 0 Å². The number of allylic oxidation sites excluding steroid dienone is 1. The van der Waals surface area contributed by atoms with Gasteiger partial charge in [-0.25, -0.2) is 4.98 Å². The van der Waals surface area contributed by atoms with Gasteiger partial charge in [0.25, 0.3) is 0 Å². The largest absolute Gasteiger partial charge is 0.444 e. The molecule has 3 rings (SSSR count). The third-order valence-electron chi connectivity index (χ3n) is 3.01. The normalized spacial score (nSPS) is 11.0. The van der Waals surface area contributed by atoms with Crippen molar-refractivity contribution < 1.29 is 4.42 Å². The van der Waals surface area contributed by atoms with Crippen molar-refractivity contribution in [1.29, 1.82) is 0 Å². The smallest absolute Gasteiger partial charge is 0.226 e. The van der Waals surface area contributed by atoms with E-state index in [-0.39, 0.29) is 0 Å². The van der Waals surface area contributed by atoms with Gasteiger partial charge in [-0.1, -0.05) is 60.7 Å². The highest BCUT2D eigenvalue weighted by atomic mass is 16.3. The van der Waals surface area contributed by atoms with Gasteiger partial charge < -0.3 is 4.42 Å². The van der Waals surface area contributed by atoms with E-state index in [0.717, 1.165) is 17.7 Å². The van der Waals surface area contributed by atoms with Crippen molar-refractivity contribution in [1.82, 2.24) is 4.98 Å². The van der Waals surface area contributed by atoms with Crippen LogP contribution in [0.3, 0.4) is 0 Å². The number of benzene rings is 2. The predicted molar refractivity (Wildman–Crippen MR) is 81.1 cm³/mol. The summed E-state index contributed by atoms with van der Waals surface area (Å²) in [7, 11) is 0. The van der Waals surface area contributed by atoms with Crippen LogP contribution in [0.4, 0.5) is 0 Å². The Morgan fingerprint density at radius 1 is 0.900 bits per heavy atom. The van der Waals surface area contributed by atoms with E-state index in [9.17, 15) is 0 Å². The molecule has 98 valence electrons. The number of aromatic nitrogens is 1. The molecule has 0 fully saturated rings. The molecule has 0 radical (unpaired) electrons. The molecule has 0 saturated carbocycles. The second-order valence-electron chi connectivity index (χ2n) is 4.53. The lowest BCUT2D eigenvalue weighted by Crippen LogP contribution is -1.82. The molecule has 20 heavy (non-hydrogen) atoms. The Hall–Kier alpha value is -2.61.